The molecule has 2 aromatic carbocycles. The van der Waals surface area contributed by atoms with Crippen LogP contribution in [0.25, 0.3) is 0 Å². The van der Waals surface area contributed by atoms with E-state index < -0.39 is 7.80 Å². The molecule has 2 nitrogen and oxygen atoms in total. The fourth-order valence-corrected chi connectivity index (χ4v) is 5.93. The maximum Gasteiger partial charge on any atom is 0.194 e. The van der Waals surface area contributed by atoms with E-state index in [0.717, 1.165) is 40.4 Å². The number of ketones is 1. The third-order valence-corrected chi connectivity index (χ3v) is 7.38. The van der Waals surface area contributed by atoms with Crippen molar-refractivity contribution in [1.82, 2.24) is 0 Å². The summed E-state index contributed by atoms with van der Waals surface area (Å²) in [6.45, 7) is 10.4. The molecule has 0 saturated heterocycles. The molecule has 0 bridgehead atoms. The summed E-state index contributed by atoms with van der Waals surface area (Å²) in [7, 11) is -1.99. The van der Waals surface area contributed by atoms with Gasteiger partial charge in [-0.1, -0.05) is 81.5 Å². The minimum atomic E-state index is -1.99. The predicted molar refractivity (Wildman–Crippen MR) is 117 cm³/mol. The van der Waals surface area contributed by atoms with Gasteiger partial charge in [-0.05, 0) is 37.8 Å². The van der Waals surface area contributed by atoms with Gasteiger partial charge in [-0.3, -0.25) is 4.79 Å². The number of hydrogen-bond acceptors (Lipinski definition) is 2. The lowest BCUT2D eigenvalue weighted by Gasteiger charge is -2.17. The van der Waals surface area contributed by atoms with Gasteiger partial charge in [0, 0.05) is 22.6 Å². The summed E-state index contributed by atoms with van der Waals surface area (Å²) < 4.78 is 13.2. The van der Waals surface area contributed by atoms with Gasteiger partial charge >= 0.3 is 0 Å². The highest BCUT2D eigenvalue weighted by Gasteiger charge is 2.21. The zero-order valence-corrected chi connectivity index (χ0v) is 18.4. The molecule has 2 rings (SSSR count). The van der Waals surface area contributed by atoms with Gasteiger partial charge in [0.05, 0.1) is 0 Å². The molecule has 3 heteroatoms. The molecule has 0 aromatic heterocycles. The Balaban J connectivity index is 2.35. The Morgan fingerprint density at radius 3 is 2.26 bits per heavy atom. The quantitative estimate of drug-likeness (QED) is 0.378. The van der Waals surface area contributed by atoms with Crippen LogP contribution in [0.5, 0.6) is 0 Å². The lowest BCUT2D eigenvalue weighted by molar-refractivity contribution is 0.103. The van der Waals surface area contributed by atoms with Gasteiger partial charge in [-0.15, -0.1) is 0 Å². The summed E-state index contributed by atoms with van der Waals surface area (Å²) in [4.78, 5) is 13.3. The monoisotopic (exact) mass is 384 g/mol. The molecule has 0 radical (unpaired) electrons. The smallest absolute Gasteiger partial charge is 0.194 e. The van der Waals surface area contributed by atoms with Crippen LogP contribution in [0.4, 0.5) is 0 Å². The van der Waals surface area contributed by atoms with E-state index in [1.807, 2.05) is 57.2 Å². The van der Waals surface area contributed by atoms with Crippen molar-refractivity contribution < 1.29 is 9.36 Å². The second-order valence-electron chi connectivity index (χ2n) is 7.69. The van der Waals surface area contributed by atoms with Gasteiger partial charge in [0.2, 0.25) is 0 Å². The van der Waals surface area contributed by atoms with Gasteiger partial charge in [0.15, 0.2) is 5.78 Å². The van der Waals surface area contributed by atoms with Gasteiger partial charge in [-0.25, -0.2) is 0 Å². The van der Waals surface area contributed by atoms with Crippen LogP contribution in [-0.2, 0) is 4.57 Å². The number of carbonyl (C=O) groups is 1. The van der Waals surface area contributed by atoms with Crippen molar-refractivity contribution in [2.45, 2.75) is 60.3 Å². The Labute approximate surface area is 165 Å². The Morgan fingerprint density at radius 1 is 1.04 bits per heavy atom. The van der Waals surface area contributed by atoms with Crippen LogP contribution >= 0.6 is 7.80 Å². The van der Waals surface area contributed by atoms with Crippen LogP contribution in [0.1, 0.15) is 72.1 Å². The highest BCUT2D eigenvalue weighted by atomic mass is 31.1. The Hall–Kier alpha value is -1.66. The Kier molecular flexibility index (Phi) is 8.05. The van der Waals surface area contributed by atoms with E-state index >= 15 is 0 Å². The van der Waals surface area contributed by atoms with Crippen molar-refractivity contribution in [1.29, 1.82) is 0 Å². The van der Waals surface area contributed by atoms with Crippen molar-refractivity contribution in [3.05, 3.63) is 64.2 Å². The van der Waals surface area contributed by atoms with Crippen LogP contribution in [0.3, 0.4) is 0 Å². The van der Waals surface area contributed by atoms with E-state index in [1.165, 1.54) is 12.8 Å². The van der Waals surface area contributed by atoms with Gasteiger partial charge in [-0.2, -0.15) is 0 Å². The van der Waals surface area contributed by atoms with Crippen LogP contribution < -0.4 is 5.30 Å². The summed E-state index contributed by atoms with van der Waals surface area (Å²) in [6, 6.07) is 11.6. The molecule has 2 unspecified atom stereocenters. The van der Waals surface area contributed by atoms with Crippen LogP contribution in [0.15, 0.2) is 36.4 Å². The summed E-state index contributed by atoms with van der Waals surface area (Å²) >= 11 is 0. The SMILES string of the molecule is CCCCC(CC)C[PH](=O)c1ccccc1C(=O)c1c(C)cc(C)cc1C. The standard InChI is InChI=1S/C24H33O2P/c1-6-8-11-20(7-2)16-27(26)22-13-10-9-12-21(22)24(25)23-18(4)14-17(3)15-19(23)5/h9-10,12-15,20,27H,6-8,11,16H2,1-5H3. The normalized spacial score (nSPS) is 13.4. The minimum Gasteiger partial charge on any atom is -0.322 e. The molecule has 0 aliphatic carbocycles. The number of unbranched alkanes of at least 4 members (excludes halogenated alkanes) is 1. The molecule has 0 spiro atoms. The van der Waals surface area contributed by atoms with Gasteiger partial charge in [0.1, 0.15) is 7.80 Å². The van der Waals surface area contributed by atoms with Gasteiger partial charge < -0.3 is 4.57 Å². The molecule has 27 heavy (non-hydrogen) atoms. The van der Waals surface area contributed by atoms with Crippen molar-refractivity contribution in [2.24, 2.45) is 5.92 Å². The third kappa shape index (κ3) is 5.42. The molecule has 0 N–H and O–H groups in total. The van der Waals surface area contributed by atoms with E-state index in [9.17, 15) is 9.36 Å². The average molecular weight is 385 g/mol. The van der Waals surface area contributed by atoms with Crippen molar-refractivity contribution in [3.8, 4) is 0 Å². The second kappa shape index (κ2) is 10.0. The van der Waals surface area contributed by atoms with Crippen molar-refractivity contribution in [3.63, 3.8) is 0 Å². The van der Waals surface area contributed by atoms with Crippen LogP contribution in [0, 0.1) is 26.7 Å². The predicted octanol–water partition coefficient (Wildman–Crippen LogP) is 6.24. The van der Waals surface area contributed by atoms with Crippen LogP contribution in [0.2, 0.25) is 0 Å². The molecule has 0 fully saturated rings. The van der Waals surface area contributed by atoms with Crippen molar-refractivity contribution >= 4 is 18.9 Å². The molecular formula is C24H33O2P. The number of benzene rings is 2. The largest absolute Gasteiger partial charge is 0.322 e. The summed E-state index contributed by atoms with van der Waals surface area (Å²) in [5, 5.41) is 0.752. The third-order valence-electron chi connectivity index (χ3n) is 5.39. The highest BCUT2D eigenvalue weighted by molar-refractivity contribution is 7.53. The fourth-order valence-electron chi connectivity index (χ4n) is 3.91. The first kappa shape index (κ1) is 21.6. The summed E-state index contributed by atoms with van der Waals surface area (Å²) in [5.41, 5.74) is 4.50. The van der Waals surface area contributed by atoms with E-state index in [2.05, 4.69) is 13.8 Å². The maximum absolute atomic E-state index is 13.3. The molecular weight excluding hydrogens is 351 g/mol. The molecule has 2 aromatic rings. The topological polar surface area (TPSA) is 34.1 Å². The molecule has 2 atom stereocenters. The second-order valence-corrected chi connectivity index (χ2v) is 9.49. The zero-order valence-electron chi connectivity index (χ0n) is 17.4. The van der Waals surface area contributed by atoms with E-state index in [-0.39, 0.29) is 5.78 Å². The van der Waals surface area contributed by atoms with E-state index in [1.54, 1.807) is 0 Å². The molecule has 0 heterocycles. The lowest BCUT2D eigenvalue weighted by Crippen LogP contribution is -2.17. The molecule has 0 amide bonds. The van der Waals surface area contributed by atoms with E-state index in [4.69, 9.17) is 0 Å². The maximum atomic E-state index is 13.3. The molecule has 0 aliphatic heterocycles. The van der Waals surface area contributed by atoms with Crippen molar-refractivity contribution in [2.75, 3.05) is 6.16 Å². The fraction of sp³-hybridized carbons (Fsp3) is 0.458. The molecule has 0 saturated carbocycles. The number of aryl methyl sites for hydroxylation is 3. The summed E-state index contributed by atoms with van der Waals surface area (Å²) in [6.07, 6.45) is 5.21. The first-order valence-corrected chi connectivity index (χ1v) is 11.7. The first-order valence-electron chi connectivity index (χ1n) is 10.1. The zero-order chi connectivity index (χ0) is 20.0. The average Bonchev–Trinajstić information content (AvgIpc) is 2.64. The number of carbonyl (C=O) groups excluding carboxylic acids is 1. The molecule has 0 aliphatic rings. The number of hydrogen-bond donors (Lipinski definition) is 0. The lowest BCUT2D eigenvalue weighted by atomic mass is 9.93. The van der Waals surface area contributed by atoms with Crippen LogP contribution in [-0.4, -0.2) is 11.9 Å². The molecule has 146 valence electrons. The van der Waals surface area contributed by atoms with E-state index in [0.29, 0.717) is 17.6 Å². The minimum absolute atomic E-state index is 0.000515. The number of rotatable bonds is 9. The Morgan fingerprint density at radius 2 is 1.67 bits per heavy atom. The summed E-state index contributed by atoms with van der Waals surface area (Å²) in [5.74, 6) is 0.475. The highest BCUT2D eigenvalue weighted by Crippen LogP contribution is 2.30. The van der Waals surface area contributed by atoms with Gasteiger partial charge in [0.25, 0.3) is 0 Å². The Bertz CT molecular complexity index is 800. The first-order chi connectivity index (χ1) is 12.9.